The molecule has 0 saturated carbocycles. The van der Waals surface area contributed by atoms with Crippen molar-refractivity contribution in [2.45, 2.75) is 13.8 Å². The summed E-state index contributed by atoms with van der Waals surface area (Å²) >= 11 is 0. The zero-order valence-corrected chi connectivity index (χ0v) is 11.7. The van der Waals surface area contributed by atoms with E-state index in [1.54, 1.807) is 6.07 Å². The van der Waals surface area contributed by atoms with Gasteiger partial charge in [-0.05, 0) is 43.7 Å². The van der Waals surface area contributed by atoms with Crippen LogP contribution in [0.5, 0.6) is 5.75 Å². The number of benzene rings is 2. The van der Waals surface area contributed by atoms with Crippen LogP contribution in [0.15, 0.2) is 36.4 Å². The van der Waals surface area contributed by atoms with Gasteiger partial charge in [-0.1, -0.05) is 17.7 Å². The van der Waals surface area contributed by atoms with Crippen LogP contribution in [0, 0.1) is 13.8 Å². The van der Waals surface area contributed by atoms with Gasteiger partial charge < -0.3 is 15.5 Å². The second kappa shape index (κ2) is 5.66. The molecule has 0 unspecified atom stereocenters. The van der Waals surface area contributed by atoms with Crippen LogP contribution in [0.3, 0.4) is 0 Å². The fourth-order valence-corrected chi connectivity index (χ4v) is 2.05. The topological polar surface area (TPSA) is 86.6 Å². The Balaban J connectivity index is 2.27. The van der Waals surface area contributed by atoms with Gasteiger partial charge in [0.15, 0.2) is 0 Å². The van der Waals surface area contributed by atoms with Crippen molar-refractivity contribution in [3.8, 4) is 5.75 Å². The maximum Gasteiger partial charge on any atom is 0.339 e. The number of hydrogen-bond donors (Lipinski definition) is 3. The van der Waals surface area contributed by atoms with Gasteiger partial charge in [0.1, 0.15) is 11.3 Å². The average Bonchev–Trinajstić information content (AvgIpc) is 2.40. The predicted molar refractivity (Wildman–Crippen MR) is 78.9 cm³/mol. The largest absolute Gasteiger partial charge is 0.507 e. The third-order valence-corrected chi connectivity index (χ3v) is 3.11. The summed E-state index contributed by atoms with van der Waals surface area (Å²) in [5.74, 6) is -1.92. The third kappa shape index (κ3) is 3.20. The Morgan fingerprint density at radius 3 is 2.33 bits per heavy atom. The number of carbonyl (C=O) groups is 2. The van der Waals surface area contributed by atoms with Gasteiger partial charge in [0.25, 0.3) is 5.91 Å². The molecule has 5 nitrogen and oxygen atoms in total. The van der Waals surface area contributed by atoms with E-state index < -0.39 is 5.97 Å². The third-order valence-electron chi connectivity index (χ3n) is 3.11. The maximum absolute atomic E-state index is 12.2. The summed E-state index contributed by atoms with van der Waals surface area (Å²) in [7, 11) is 0. The Labute approximate surface area is 121 Å². The summed E-state index contributed by atoms with van der Waals surface area (Å²) < 4.78 is 0. The molecule has 2 aromatic carbocycles. The molecule has 2 aromatic rings. The highest BCUT2D eigenvalue weighted by Crippen LogP contribution is 2.22. The number of carbonyl (C=O) groups excluding carboxylic acids is 1. The molecule has 0 aliphatic carbocycles. The first kappa shape index (κ1) is 14.6. The van der Waals surface area contributed by atoms with Crippen LogP contribution in [-0.2, 0) is 0 Å². The number of carboxylic acids is 1. The minimum Gasteiger partial charge on any atom is -0.507 e. The van der Waals surface area contributed by atoms with Crippen molar-refractivity contribution in [3.05, 3.63) is 58.7 Å². The molecule has 0 radical (unpaired) electrons. The van der Waals surface area contributed by atoms with Gasteiger partial charge >= 0.3 is 5.97 Å². The number of amides is 1. The number of anilines is 1. The molecule has 21 heavy (non-hydrogen) atoms. The second-order valence-electron chi connectivity index (χ2n) is 4.81. The number of carboxylic acid groups (broad SMARTS) is 1. The van der Waals surface area contributed by atoms with Crippen molar-refractivity contribution in [1.29, 1.82) is 0 Å². The van der Waals surface area contributed by atoms with Crippen LogP contribution in [0.4, 0.5) is 5.69 Å². The van der Waals surface area contributed by atoms with Crippen molar-refractivity contribution in [2.24, 2.45) is 0 Å². The molecule has 108 valence electrons. The number of aryl methyl sites for hydroxylation is 2. The molecule has 0 spiro atoms. The molecular formula is C16H15NO4. The van der Waals surface area contributed by atoms with Crippen LogP contribution in [-0.4, -0.2) is 22.1 Å². The molecule has 1 amide bonds. The van der Waals surface area contributed by atoms with Crippen molar-refractivity contribution < 1.29 is 19.8 Å². The van der Waals surface area contributed by atoms with Crippen LogP contribution in [0.1, 0.15) is 31.8 Å². The van der Waals surface area contributed by atoms with Crippen molar-refractivity contribution in [1.82, 2.24) is 0 Å². The standard InChI is InChI=1S/C16H15NO4/c1-9-3-5-12(10(2)7-9)15(19)17-11-4-6-14(18)13(8-11)16(20)21/h3-8,18H,1-2H3,(H,17,19)(H,20,21). The zero-order valence-electron chi connectivity index (χ0n) is 11.7. The average molecular weight is 285 g/mol. The second-order valence-corrected chi connectivity index (χ2v) is 4.81. The summed E-state index contributed by atoms with van der Waals surface area (Å²) in [6.07, 6.45) is 0. The van der Waals surface area contributed by atoms with Gasteiger partial charge in [-0.25, -0.2) is 4.79 Å². The normalized spacial score (nSPS) is 10.2. The van der Waals surface area contributed by atoms with Gasteiger partial charge in [-0.3, -0.25) is 4.79 Å². The van der Waals surface area contributed by atoms with E-state index in [4.69, 9.17) is 5.11 Å². The van der Waals surface area contributed by atoms with E-state index in [0.717, 1.165) is 11.1 Å². The van der Waals surface area contributed by atoms with Gasteiger partial charge in [0.05, 0.1) is 0 Å². The molecule has 0 aliphatic rings. The molecule has 0 fully saturated rings. The first-order valence-corrected chi connectivity index (χ1v) is 6.33. The van der Waals surface area contributed by atoms with Crippen LogP contribution in [0.2, 0.25) is 0 Å². The Kier molecular flexibility index (Phi) is 3.93. The molecule has 0 atom stereocenters. The molecule has 2 rings (SSSR count). The van der Waals surface area contributed by atoms with Gasteiger partial charge in [-0.2, -0.15) is 0 Å². The summed E-state index contributed by atoms with van der Waals surface area (Å²) in [4.78, 5) is 23.1. The fourth-order valence-electron chi connectivity index (χ4n) is 2.05. The van der Waals surface area contributed by atoms with Crippen LogP contribution < -0.4 is 5.32 Å². The van der Waals surface area contributed by atoms with Crippen molar-refractivity contribution >= 4 is 17.6 Å². The molecule has 0 aromatic heterocycles. The van der Waals surface area contributed by atoms with E-state index in [-0.39, 0.29) is 17.2 Å². The van der Waals surface area contributed by atoms with Crippen molar-refractivity contribution in [3.63, 3.8) is 0 Å². The number of phenols is 1. The fraction of sp³-hybridized carbons (Fsp3) is 0.125. The number of aromatic carboxylic acids is 1. The lowest BCUT2D eigenvalue weighted by Gasteiger charge is -2.09. The van der Waals surface area contributed by atoms with Gasteiger partial charge in [0.2, 0.25) is 0 Å². The number of hydrogen-bond acceptors (Lipinski definition) is 3. The highest BCUT2D eigenvalue weighted by atomic mass is 16.4. The Morgan fingerprint density at radius 2 is 1.71 bits per heavy atom. The van der Waals surface area contributed by atoms with E-state index in [0.29, 0.717) is 11.3 Å². The zero-order chi connectivity index (χ0) is 15.6. The maximum atomic E-state index is 12.2. The first-order chi connectivity index (χ1) is 9.88. The van der Waals surface area contributed by atoms with Gasteiger partial charge in [-0.15, -0.1) is 0 Å². The predicted octanol–water partition coefficient (Wildman–Crippen LogP) is 2.96. The van der Waals surface area contributed by atoms with Crippen LogP contribution in [0.25, 0.3) is 0 Å². The summed E-state index contributed by atoms with van der Waals surface area (Å²) in [6, 6.07) is 9.36. The Hall–Kier alpha value is -2.82. The summed E-state index contributed by atoms with van der Waals surface area (Å²) in [5, 5.41) is 21.0. The molecule has 3 N–H and O–H groups in total. The number of nitrogens with one attached hydrogen (secondary N) is 1. The first-order valence-electron chi connectivity index (χ1n) is 6.33. The molecule has 0 aliphatic heterocycles. The highest BCUT2D eigenvalue weighted by Gasteiger charge is 2.13. The Morgan fingerprint density at radius 1 is 1.00 bits per heavy atom. The molecule has 0 bridgehead atoms. The summed E-state index contributed by atoms with van der Waals surface area (Å²) in [6.45, 7) is 3.77. The van der Waals surface area contributed by atoms with E-state index in [1.807, 2.05) is 26.0 Å². The lowest BCUT2D eigenvalue weighted by Crippen LogP contribution is -2.14. The van der Waals surface area contributed by atoms with E-state index in [9.17, 15) is 14.7 Å². The number of aromatic hydroxyl groups is 1. The van der Waals surface area contributed by atoms with E-state index in [1.165, 1.54) is 18.2 Å². The lowest BCUT2D eigenvalue weighted by molar-refractivity contribution is 0.0693. The SMILES string of the molecule is Cc1ccc(C(=O)Nc2ccc(O)c(C(=O)O)c2)c(C)c1. The number of rotatable bonds is 3. The monoisotopic (exact) mass is 285 g/mol. The minimum absolute atomic E-state index is 0.256. The lowest BCUT2D eigenvalue weighted by atomic mass is 10.0. The molecule has 0 saturated heterocycles. The van der Waals surface area contributed by atoms with E-state index >= 15 is 0 Å². The van der Waals surface area contributed by atoms with E-state index in [2.05, 4.69) is 5.32 Å². The van der Waals surface area contributed by atoms with Crippen LogP contribution >= 0.6 is 0 Å². The molecular weight excluding hydrogens is 270 g/mol. The minimum atomic E-state index is -1.25. The molecule has 5 heteroatoms. The van der Waals surface area contributed by atoms with Gasteiger partial charge in [0, 0.05) is 11.3 Å². The quantitative estimate of drug-likeness (QED) is 0.757. The summed E-state index contributed by atoms with van der Waals surface area (Å²) in [5.41, 5.74) is 2.47. The Bertz CT molecular complexity index is 722. The van der Waals surface area contributed by atoms with Crippen molar-refractivity contribution in [2.75, 3.05) is 5.32 Å². The smallest absolute Gasteiger partial charge is 0.339 e. The highest BCUT2D eigenvalue weighted by molar-refractivity contribution is 6.06. The molecule has 0 heterocycles.